The van der Waals surface area contributed by atoms with E-state index >= 15 is 0 Å². The first-order chi connectivity index (χ1) is 17.5. The number of benzene rings is 1. The minimum absolute atomic E-state index is 0.0458. The number of rotatable bonds is 7. The summed E-state index contributed by atoms with van der Waals surface area (Å²) in [5.74, 6) is 0.878. The smallest absolute Gasteiger partial charge is 0.443 e. The van der Waals surface area contributed by atoms with E-state index in [2.05, 4.69) is 20.7 Å². The zero-order valence-corrected chi connectivity index (χ0v) is 19.3. The van der Waals surface area contributed by atoms with Crippen molar-refractivity contribution < 1.29 is 18.7 Å². The minimum Gasteiger partial charge on any atom is -0.496 e. The first kappa shape index (κ1) is 22.0. The van der Waals surface area contributed by atoms with E-state index in [0.717, 1.165) is 26.9 Å². The molecule has 0 aliphatic carbocycles. The molecule has 12 nitrogen and oxygen atoms in total. The molecule has 4 aromatic rings. The Labute approximate surface area is 203 Å². The molecule has 1 aromatic carbocycles. The summed E-state index contributed by atoms with van der Waals surface area (Å²) in [6, 6.07) is 10.4. The fraction of sp³-hybridized carbons (Fsp3) is 0.292. The molecule has 184 valence electrons. The van der Waals surface area contributed by atoms with Crippen LogP contribution in [-0.4, -0.2) is 45.5 Å². The van der Waals surface area contributed by atoms with Crippen LogP contribution in [0.15, 0.2) is 50.4 Å². The summed E-state index contributed by atoms with van der Waals surface area (Å²) in [4.78, 5) is 40.6. The van der Waals surface area contributed by atoms with Crippen LogP contribution in [0.2, 0.25) is 0 Å². The average molecular weight is 490 g/mol. The van der Waals surface area contributed by atoms with Crippen LogP contribution in [0, 0.1) is 0 Å². The topological polar surface area (TPSA) is 143 Å². The van der Waals surface area contributed by atoms with Gasteiger partial charge in [-0.05, 0) is 48.7 Å². The van der Waals surface area contributed by atoms with Crippen molar-refractivity contribution in [1.82, 2.24) is 24.6 Å². The molecule has 2 N–H and O–H groups in total. The van der Waals surface area contributed by atoms with Gasteiger partial charge in [-0.1, -0.05) is 0 Å². The second-order valence-corrected chi connectivity index (χ2v) is 8.54. The van der Waals surface area contributed by atoms with Crippen LogP contribution in [-0.2, 0) is 17.8 Å². The molecule has 1 amide bonds. The summed E-state index contributed by atoms with van der Waals surface area (Å²) in [6.45, 7) is 1.03. The highest BCUT2D eigenvalue weighted by Crippen LogP contribution is 2.37. The molecule has 0 bridgehead atoms. The molecule has 0 spiro atoms. The second kappa shape index (κ2) is 8.64. The SMILES string of the molecule is COc1ccc2ccc(=O)n3c2c1[C@H](NCCCc1nn(-c2ccc4c(n2)NC(=O)CO4)c(=O)o1)C3. The lowest BCUT2D eigenvalue weighted by Crippen LogP contribution is -2.27. The first-order valence-corrected chi connectivity index (χ1v) is 11.5. The predicted molar refractivity (Wildman–Crippen MR) is 128 cm³/mol. The van der Waals surface area contributed by atoms with Gasteiger partial charge >= 0.3 is 5.76 Å². The van der Waals surface area contributed by atoms with Gasteiger partial charge in [0.15, 0.2) is 24.0 Å². The molecule has 2 aliphatic heterocycles. The third-order valence-corrected chi connectivity index (χ3v) is 6.31. The normalized spacial score (nSPS) is 16.0. The third kappa shape index (κ3) is 3.71. The Morgan fingerprint density at radius 1 is 1.17 bits per heavy atom. The number of pyridine rings is 2. The van der Waals surface area contributed by atoms with Gasteiger partial charge in [-0.2, -0.15) is 0 Å². The van der Waals surface area contributed by atoms with Crippen LogP contribution >= 0.6 is 0 Å². The number of fused-ring (bicyclic) bond motifs is 1. The standard InChI is InChI=1S/C24H22N6O6/c1-34-15-6-4-13-5-9-20(32)29-11-14(21(15)22(13)29)25-10-2-3-19-28-30(24(33)36-19)17-8-7-16-23(26-17)27-18(31)12-35-16/h4-9,14,25H,2-3,10-12H2,1H3,(H,26,27,31)/t14-/m1/s1. The van der Waals surface area contributed by atoms with Crippen molar-refractivity contribution in [3.05, 3.63) is 68.8 Å². The van der Waals surface area contributed by atoms with Gasteiger partial charge in [0.05, 0.1) is 18.7 Å². The fourth-order valence-electron chi connectivity index (χ4n) is 4.69. The molecular weight excluding hydrogens is 468 g/mol. The Morgan fingerprint density at radius 3 is 2.89 bits per heavy atom. The number of carbonyl (C=O) groups excluding carboxylic acids is 1. The molecule has 5 heterocycles. The van der Waals surface area contributed by atoms with Gasteiger partial charge in [0.2, 0.25) is 5.89 Å². The van der Waals surface area contributed by atoms with E-state index in [1.54, 1.807) is 29.9 Å². The maximum atomic E-state index is 12.4. The van der Waals surface area contributed by atoms with Gasteiger partial charge in [0.25, 0.3) is 11.5 Å². The van der Waals surface area contributed by atoms with E-state index in [-0.39, 0.29) is 41.6 Å². The van der Waals surface area contributed by atoms with E-state index in [9.17, 15) is 14.4 Å². The maximum Gasteiger partial charge on any atom is 0.443 e. The lowest BCUT2D eigenvalue weighted by Gasteiger charge is -2.16. The number of ether oxygens (including phenoxy) is 2. The lowest BCUT2D eigenvalue weighted by molar-refractivity contribution is -0.118. The molecule has 0 radical (unpaired) electrons. The number of amides is 1. The summed E-state index contributed by atoms with van der Waals surface area (Å²) < 4.78 is 19.0. The monoisotopic (exact) mass is 490 g/mol. The molecular formula is C24H22N6O6. The van der Waals surface area contributed by atoms with Gasteiger partial charge in [0.1, 0.15) is 5.75 Å². The first-order valence-electron chi connectivity index (χ1n) is 11.5. The molecule has 0 saturated carbocycles. The number of nitrogens with one attached hydrogen (secondary N) is 2. The summed E-state index contributed by atoms with van der Waals surface area (Å²) in [5, 5.41) is 11.3. The average Bonchev–Trinajstić information content (AvgIpc) is 3.45. The molecule has 3 aromatic heterocycles. The fourth-order valence-corrected chi connectivity index (χ4v) is 4.69. The van der Waals surface area contributed by atoms with Gasteiger partial charge in [-0.25, -0.2) is 9.78 Å². The molecule has 2 aliphatic rings. The maximum absolute atomic E-state index is 12.4. The number of anilines is 1. The van der Waals surface area contributed by atoms with Crippen molar-refractivity contribution in [3.63, 3.8) is 0 Å². The molecule has 1 atom stereocenters. The number of hydrogen-bond donors (Lipinski definition) is 2. The lowest BCUT2D eigenvalue weighted by atomic mass is 10.0. The largest absolute Gasteiger partial charge is 0.496 e. The van der Waals surface area contributed by atoms with Crippen LogP contribution in [0.3, 0.4) is 0 Å². The van der Waals surface area contributed by atoms with Crippen molar-refractivity contribution in [2.45, 2.75) is 25.4 Å². The van der Waals surface area contributed by atoms with Crippen LogP contribution in [0.4, 0.5) is 5.82 Å². The number of aromatic nitrogens is 4. The van der Waals surface area contributed by atoms with E-state index in [1.807, 2.05) is 18.2 Å². The highest BCUT2D eigenvalue weighted by atomic mass is 16.5. The Morgan fingerprint density at radius 2 is 2.03 bits per heavy atom. The van der Waals surface area contributed by atoms with Crippen LogP contribution in [0.25, 0.3) is 16.7 Å². The quantitative estimate of drug-likeness (QED) is 0.365. The van der Waals surface area contributed by atoms with Crippen molar-refractivity contribution in [2.24, 2.45) is 0 Å². The summed E-state index contributed by atoms with van der Waals surface area (Å²) >= 11 is 0. The summed E-state index contributed by atoms with van der Waals surface area (Å²) in [5.41, 5.74) is 1.82. The second-order valence-electron chi connectivity index (χ2n) is 8.54. The number of aryl methyl sites for hydroxylation is 1. The van der Waals surface area contributed by atoms with E-state index in [0.29, 0.717) is 31.7 Å². The van der Waals surface area contributed by atoms with E-state index in [1.165, 1.54) is 0 Å². The molecule has 0 fully saturated rings. The predicted octanol–water partition coefficient (Wildman–Crippen LogP) is 1.15. The zero-order valence-electron chi connectivity index (χ0n) is 19.3. The Kier molecular flexibility index (Phi) is 5.29. The van der Waals surface area contributed by atoms with Crippen LogP contribution in [0.5, 0.6) is 11.5 Å². The highest BCUT2D eigenvalue weighted by molar-refractivity contribution is 5.94. The van der Waals surface area contributed by atoms with Gasteiger partial charge in [0, 0.05) is 24.6 Å². The molecule has 36 heavy (non-hydrogen) atoms. The Bertz CT molecular complexity index is 1620. The van der Waals surface area contributed by atoms with Crippen molar-refractivity contribution in [2.75, 3.05) is 25.6 Å². The third-order valence-electron chi connectivity index (χ3n) is 6.31. The molecule has 0 saturated heterocycles. The molecule has 6 rings (SSSR count). The van der Waals surface area contributed by atoms with Crippen LogP contribution < -0.4 is 31.4 Å². The molecule has 12 heteroatoms. The summed E-state index contributed by atoms with van der Waals surface area (Å²) in [6.07, 6.45) is 1.06. The number of nitrogens with zero attached hydrogens (tertiary/aromatic N) is 4. The number of carbonyl (C=O) groups is 1. The molecule has 0 unspecified atom stereocenters. The van der Waals surface area contributed by atoms with Crippen LogP contribution in [0.1, 0.15) is 23.9 Å². The zero-order chi connectivity index (χ0) is 24.8. The number of hydrogen-bond acceptors (Lipinski definition) is 9. The number of methoxy groups -OCH3 is 1. The Hall–Kier alpha value is -4.45. The van der Waals surface area contributed by atoms with Gasteiger partial charge in [-0.15, -0.1) is 9.78 Å². The highest BCUT2D eigenvalue weighted by Gasteiger charge is 2.28. The summed E-state index contributed by atoms with van der Waals surface area (Å²) in [7, 11) is 1.62. The Balaban J connectivity index is 1.13. The van der Waals surface area contributed by atoms with E-state index < -0.39 is 5.76 Å². The van der Waals surface area contributed by atoms with Crippen molar-refractivity contribution in [3.8, 4) is 17.3 Å². The van der Waals surface area contributed by atoms with Gasteiger partial charge in [-0.3, -0.25) is 9.59 Å². The van der Waals surface area contributed by atoms with Gasteiger partial charge < -0.3 is 29.1 Å². The minimum atomic E-state index is -0.671. The van der Waals surface area contributed by atoms with E-state index in [4.69, 9.17) is 13.9 Å². The van der Waals surface area contributed by atoms with Crippen molar-refractivity contribution in [1.29, 1.82) is 0 Å². The van der Waals surface area contributed by atoms with Crippen molar-refractivity contribution >= 4 is 22.6 Å².